The smallest absolute Gasteiger partial charge is 0.308 e. The zero-order chi connectivity index (χ0) is 14.2. The van der Waals surface area contributed by atoms with Gasteiger partial charge in [-0.1, -0.05) is 24.6 Å². The minimum Gasteiger partial charge on any atom is -0.481 e. The van der Waals surface area contributed by atoms with E-state index in [1.807, 2.05) is 39.0 Å². The van der Waals surface area contributed by atoms with Gasteiger partial charge in [0.15, 0.2) is 0 Å². The van der Waals surface area contributed by atoms with E-state index in [4.69, 9.17) is 5.11 Å². The lowest BCUT2D eigenvalue weighted by Crippen LogP contribution is -2.30. The van der Waals surface area contributed by atoms with E-state index in [1.54, 1.807) is 4.90 Å². The van der Waals surface area contributed by atoms with Gasteiger partial charge in [-0.2, -0.15) is 0 Å². The van der Waals surface area contributed by atoms with Crippen molar-refractivity contribution in [2.45, 2.75) is 20.8 Å². The van der Waals surface area contributed by atoms with E-state index >= 15 is 0 Å². The summed E-state index contributed by atoms with van der Waals surface area (Å²) in [6, 6.07) is 5.77. The molecule has 0 spiro atoms. The number of hydrogen-bond donors (Lipinski definition) is 1. The number of benzene rings is 1. The molecule has 4 nitrogen and oxygen atoms in total. The zero-order valence-corrected chi connectivity index (χ0v) is 11.5. The van der Waals surface area contributed by atoms with Crippen molar-refractivity contribution in [2.24, 2.45) is 11.8 Å². The number of hydrogen-bond acceptors (Lipinski definition) is 2. The minimum atomic E-state index is -0.816. The molecule has 1 aliphatic rings. The molecule has 1 aromatic rings. The van der Waals surface area contributed by atoms with E-state index in [2.05, 4.69) is 0 Å². The maximum Gasteiger partial charge on any atom is 0.308 e. The molecular formula is C15H19NO3. The Labute approximate surface area is 113 Å². The topological polar surface area (TPSA) is 57.6 Å². The summed E-state index contributed by atoms with van der Waals surface area (Å²) in [7, 11) is 0. The Morgan fingerprint density at radius 1 is 1.26 bits per heavy atom. The Hall–Kier alpha value is -1.84. The van der Waals surface area contributed by atoms with E-state index in [1.165, 1.54) is 0 Å². The van der Waals surface area contributed by atoms with Crippen molar-refractivity contribution in [2.75, 3.05) is 13.1 Å². The van der Waals surface area contributed by atoms with Crippen LogP contribution >= 0.6 is 0 Å². The highest BCUT2D eigenvalue weighted by atomic mass is 16.4. The first-order valence-electron chi connectivity index (χ1n) is 6.49. The third-order valence-electron chi connectivity index (χ3n) is 3.84. The molecule has 2 rings (SSSR count). The molecule has 1 N–H and O–H groups in total. The van der Waals surface area contributed by atoms with Crippen LogP contribution in [0.3, 0.4) is 0 Å². The molecule has 102 valence electrons. The maximum atomic E-state index is 12.5. The Kier molecular flexibility index (Phi) is 3.60. The standard InChI is InChI=1S/C15H19NO3/c1-9-4-5-10(2)12(6-9)14(17)16-7-11(3)13(8-16)15(18)19/h4-6,11,13H,7-8H2,1-3H3,(H,18,19)/t11-,13-/m1/s1. The molecule has 1 saturated heterocycles. The van der Waals surface area contributed by atoms with Gasteiger partial charge in [-0.05, 0) is 31.4 Å². The third-order valence-corrected chi connectivity index (χ3v) is 3.84. The SMILES string of the molecule is Cc1ccc(C)c(C(=O)N2C[C@@H](C)[C@H](C(=O)O)C2)c1. The van der Waals surface area contributed by atoms with Crippen LogP contribution in [0.5, 0.6) is 0 Å². The van der Waals surface area contributed by atoms with Crippen molar-refractivity contribution < 1.29 is 14.7 Å². The number of amides is 1. The average Bonchev–Trinajstić information content (AvgIpc) is 2.74. The second kappa shape index (κ2) is 5.03. The summed E-state index contributed by atoms with van der Waals surface area (Å²) in [4.78, 5) is 25.2. The first-order valence-corrected chi connectivity index (χ1v) is 6.49. The number of carboxylic acids is 1. The molecule has 1 aromatic carbocycles. The zero-order valence-electron chi connectivity index (χ0n) is 11.5. The van der Waals surface area contributed by atoms with Crippen LogP contribution in [-0.4, -0.2) is 35.0 Å². The fraction of sp³-hybridized carbons (Fsp3) is 0.467. The van der Waals surface area contributed by atoms with Gasteiger partial charge < -0.3 is 10.0 Å². The van der Waals surface area contributed by atoms with Gasteiger partial charge in [-0.25, -0.2) is 0 Å². The second-order valence-electron chi connectivity index (χ2n) is 5.45. The summed E-state index contributed by atoms with van der Waals surface area (Å²) in [5.41, 5.74) is 2.65. The Morgan fingerprint density at radius 2 is 1.95 bits per heavy atom. The Bertz CT molecular complexity index is 524. The molecule has 0 bridgehead atoms. The van der Waals surface area contributed by atoms with Crippen molar-refractivity contribution in [1.82, 2.24) is 4.90 Å². The summed E-state index contributed by atoms with van der Waals surface area (Å²) < 4.78 is 0. The van der Waals surface area contributed by atoms with E-state index in [9.17, 15) is 9.59 Å². The molecule has 1 fully saturated rings. The summed E-state index contributed by atoms with van der Waals surface area (Å²) in [6.07, 6.45) is 0. The van der Waals surface area contributed by atoms with Gasteiger partial charge in [0.25, 0.3) is 5.91 Å². The highest BCUT2D eigenvalue weighted by molar-refractivity contribution is 5.96. The largest absolute Gasteiger partial charge is 0.481 e. The molecule has 0 aliphatic carbocycles. The van der Waals surface area contributed by atoms with Crippen LogP contribution in [-0.2, 0) is 4.79 Å². The second-order valence-corrected chi connectivity index (χ2v) is 5.45. The van der Waals surface area contributed by atoms with E-state index in [0.29, 0.717) is 18.7 Å². The molecule has 4 heteroatoms. The van der Waals surface area contributed by atoms with Gasteiger partial charge in [-0.15, -0.1) is 0 Å². The molecule has 0 aromatic heterocycles. The minimum absolute atomic E-state index is 0.00608. The predicted octanol–water partition coefficient (Wildman–Crippen LogP) is 2.10. The normalized spacial score (nSPS) is 22.6. The molecule has 0 saturated carbocycles. The molecule has 2 atom stereocenters. The summed E-state index contributed by atoms with van der Waals surface area (Å²) in [5, 5.41) is 9.11. The predicted molar refractivity (Wildman–Crippen MR) is 72.1 cm³/mol. The first-order chi connectivity index (χ1) is 8.90. The van der Waals surface area contributed by atoms with Crippen molar-refractivity contribution >= 4 is 11.9 Å². The molecule has 19 heavy (non-hydrogen) atoms. The fourth-order valence-corrected chi connectivity index (χ4v) is 2.59. The van der Waals surface area contributed by atoms with Gasteiger partial charge in [0.1, 0.15) is 0 Å². The quantitative estimate of drug-likeness (QED) is 0.887. The van der Waals surface area contributed by atoms with Crippen molar-refractivity contribution in [3.05, 3.63) is 34.9 Å². The number of carbonyl (C=O) groups is 2. The number of nitrogens with zero attached hydrogens (tertiary/aromatic N) is 1. The highest BCUT2D eigenvalue weighted by Gasteiger charge is 2.37. The Balaban J connectivity index is 2.22. The molecule has 1 amide bonds. The van der Waals surface area contributed by atoms with Crippen molar-refractivity contribution in [3.8, 4) is 0 Å². The van der Waals surface area contributed by atoms with Crippen molar-refractivity contribution in [1.29, 1.82) is 0 Å². The van der Waals surface area contributed by atoms with Crippen LogP contribution in [0.15, 0.2) is 18.2 Å². The van der Waals surface area contributed by atoms with Crippen LogP contribution in [0.1, 0.15) is 28.4 Å². The van der Waals surface area contributed by atoms with Gasteiger partial charge in [0.2, 0.25) is 0 Å². The lowest BCUT2D eigenvalue weighted by molar-refractivity contribution is -0.142. The Morgan fingerprint density at radius 3 is 2.53 bits per heavy atom. The van der Waals surface area contributed by atoms with Crippen LogP contribution in [0.2, 0.25) is 0 Å². The van der Waals surface area contributed by atoms with Gasteiger partial charge in [-0.3, -0.25) is 9.59 Å². The summed E-state index contributed by atoms with van der Waals surface area (Å²) in [6.45, 7) is 6.56. The van der Waals surface area contributed by atoms with Gasteiger partial charge in [0.05, 0.1) is 5.92 Å². The highest BCUT2D eigenvalue weighted by Crippen LogP contribution is 2.25. The van der Waals surface area contributed by atoms with E-state index < -0.39 is 11.9 Å². The van der Waals surface area contributed by atoms with Crippen LogP contribution in [0.25, 0.3) is 0 Å². The average molecular weight is 261 g/mol. The van der Waals surface area contributed by atoms with Crippen LogP contribution in [0.4, 0.5) is 0 Å². The van der Waals surface area contributed by atoms with Gasteiger partial charge >= 0.3 is 5.97 Å². The molecule has 0 unspecified atom stereocenters. The lowest BCUT2D eigenvalue weighted by Gasteiger charge is -2.17. The monoisotopic (exact) mass is 261 g/mol. The lowest BCUT2D eigenvalue weighted by atomic mass is 9.99. The van der Waals surface area contributed by atoms with E-state index in [-0.39, 0.29) is 11.8 Å². The number of carbonyl (C=O) groups excluding carboxylic acids is 1. The number of aliphatic carboxylic acids is 1. The number of carboxylic acid groups (broad SMARTS) is 1. The summed E-state index contributed by atoms with van der Waals surface area (Å²) >= 11 is 0. The van der Waals surface area contributed by atoms with E-state index in [0.717, 1.165) is 11.1 Å². The summed E-state index contributed by atoms with van der Waals surface area (Å²) in [5.74, 6) is -1.32. The molecule has 1 aliphatic heterocycles. The number of likely N-dealkylation sites (tertiary alicyclic amines) is 1. The number of aryl methyl sites for hydroxylation is 2. The third kappa shape index (κ3) is 2.62. The molecular weight excluding hydrogens is 242 g/mol. The number of rotatable bonds is 2. The molecule has 1 heterocycles. The van der Waals surface area contributed by atoms with Crippen molar-refractivity contribution in [3.63, 3.8) is 0 Å². The fourth-order valence-electron chi connectivity index (χ4n) is 2.59. The van der Waals surface area contributed by atoms with Crippen LogP contribution < -0.4 is 0 Å². The molecule has 0 radical (unpaired) electrons. The first kappa shape index (κ1) is 13.6. The van der Waals surface area contributed by atoms with Crippen LogP contribution in [0, 0.1) is 25.7 Å². The van der Waals surface area contributed by atoms with Gasteiger partial charge in [0, 0.05) is 18.7 Å². The maximum absolute atomic E-state index is 12.5.